The molecule has 0 saturated heterocycles. The van der Waals surface area contributed by atoms with E-state index < -0.39 is 6.03 Å². The first-order valence-electron chi connectivity index (χ1n) is 8.81. The van der Waals surface area contributed by atoms with Gasteiger partial charge in [0, 0.05) is 16.8 Å². The number of thiazole rings is 1. The van der Waals surface area contributed by atoms with Crippen molar-refractivity contribution in [1.29, 1.82) is 0 Å². The van der Waals surface area contributed by atoms with E-state index in [0.29, 0.717) is 10.8 Å². The van der Waals surface area contributed by atoms with Gasteiger partial charge in [-0.05, 0) is 56.5 Å². The Morgan fingerprint density at radius 2 is 1.61 bits per heavy atom. The van der Waals surface area contributed by atoms with E-state index in [-0.39, 0.29) is 11.6 Å². The molecule has 0 radical (unpaired) electrons. The van der Waals surface area contributed by atoms with Gasteiger partial charge in [-0.25, -0.2) is 9.78 Å². The second-order valence-corrected chi connectivity index (χ2v) is 7.57. The van der Waals surface area contributed by atoms with Crippen LogP contribution in [0.1, 0.15) is 32.7 Å². The van der Waals surface area contributed by atoms with Crippen LogP contribution in [0.5, 0.6) is 0 Å². The van der Waals surface area contributed by atoms with Gasteiger partial charge in [-0.2, -0.15) is 0 Å². The number of benzene rings is 2. The maximum Gasteiger partial charge on any atom is 0.325 e. The molecule has 0 bridgehead atoms. The minimum atomic E-state index is -0.405. The van der Waals surface area contributed by atoms with Gasteiger partial charge in [0.1, 0.15) is 5.69 Å². The highest BCUT2D eigenvalue weighted by Gasteiger charge is 2.15. The topological polar surface area (TPSA) is 83.1 Å². The molecule has 6 nitrogen and oxygen atoms in total. The van der Waals surface area contributed by atoms with Crippen molar-refractivity contribution in [2.45, 2.75) is 27.7 Å². The van der Waals surface area contributed by atoms with Crippen molar-refractivity contribution in [1.82, 2.24) is 4.98 Å². The highest BCUT2D eigenvalue weighted by molar-refractivity contribution is 7.14. The summed E-state index contributed by atoms with van der Waals surface area (Å²) in [5.74, 6) is -0.307. The second kappa shape index (κ2) is 8.22. The van der Waals surface area contributed by atoms with Crippen molar-refractivity contribution in [3.8, 4) is 0 Å². The Labute approximate surface area is 168 Å². The summed E-state index contributed by atoms with van der Waals surface area (Å²) in [5, 5.41) is 10.3. The van der Waals surface area contributed by atoms with E-state index in [1.807, 2.05) is 58.0 Å². The van der Waals surface area contributed by atoms with Gasteiger partial charge in [0.05, 0.1) is 0 Å². The minimum Gasteiger partial charge on any atom is -0.320 e. The summed E-state index contributed by atoms with van der Waals surface area (Å²) >= 11 is 1.20. The smallest absolute Gasteiger partial charge is 0.320 e. The number of amides is 3. The van der Waals surface area contributed by atoms with Crippen LogP contribution in [-0.4, -0.2) is 16.9 Å². The average molecular weight is 395 g/mol. The molecule has 0 atom stereocenters. The van der Waals surface area contributed by atoms with Crippen LogP contribution in [0.15, 0.2) is 41.8 Å². The summed E-state index contributed by atoms with van der Waals surface area (Å²) in [6.45, 7) is 7.89. The Bertz CT molecular complexity index is 1020. The number of rotatable bonds is 4. The molecule has 0 aliphatic carbocycles. The zero-order chi connectivity index (χ0) is 20.3. The van der Waals surface area contributed by atoms with E-state index in [9.17, 15) is 9.59 Å². The fourth-order valence-electron chi connectivity index (χ4n) is 2.97. The van der Waals surface area contributed by atoms with Gasteiger partial charge < -0.3 is 10.6 Å². The molecule has 3 aromatic rings. The molecule has 7 heteroatoms. The van der Waals surface area contributed by atoms with Crippen LogP contribution >= 0.6 is 11.3 Å². The lowest BCUT2D eigenvalue weighted by Crippen LogP contribution is -2.20. The number of urea groups is 1. The first-order valence-corrected chi connectivity index (χ1v) is 9.69. The monoisotopic (exact) mass is 394 g/mol. The first kappa shape index (κ1) is 19.6. The van der Waals surface area contributed by atoms with Gasteiger partial charge in [-0.15, -0.1) is 11.3 Å². The lowest BCUT2D eigenvalue weighted by atomic mass is 10.1. The van der Waals surface area contributed by atoms with Crippen molar-refractivity contribution < 1.29 is 9.59 Å². The molecule has 3 rings (SSSR count). The summed E-state index contributed by atoms with van der Waals surface area (Å²) < 4.78 is 0. The van der Waals surface area contributed by atoms with Crippen molar-refractivity contribution in [2.75, 3.05) is 16.0 Å². The predicted octanol–water partition coefficient (Wildman–Crippen LogP) is 5.27. The van der Waals surface area contributed by atoms with Gasteiger partial charge in [-0.1, -0.05) is 29.8 Å². The summed E-state index contributed by atoms with van der Waals surface area (Å²) in [5.41, 5.74) is 5.93. The molecule has 0 spiro atoms. The molecule has 0 saturated carbocycles. The second-order valence-electron chi connectivity index (χ2n) is 6.71. The maximum atomic E-state index is 12.5. The SMILES string of the molecule is Cc1cccc(NC(=O)Nc2nc(C(=O)Nc3c(C)cc(C)cc3C)cs2)c1. The number of hydrogen-bond acceptors (Lipinski definition) is 4. The Morgan fingerprint density at radius 1 is 0.893 bits per heavy atom. The van der Waals surface area contributed by atoms with Gasteiger partial charge in [0.15, 0.2) is 5.13 Å². The summed E-state index contributed by atoms with van der Waals surface area (Å²) in [6, 6.07) is 11.1. The number of nitrogens with zero attached hydrogens (tertiary/aromatic N) is 1. The first-order chi connectivity index (χ1) is 13.3. The molecule has 0 aliphatic heterocycles. The Kier molecular flexibility index (Phi) is 5.75. The van der Waals surface area contributed by atoms with Crippen molar-refractivity contribution in [2.24, 2.45) is 0 Å². The number of carbonyl (C=O) groups excluding carboxylic acids is 2. The zero-order valence-corrected chi connectivity index (χ0v) is 17.0. The van der Waals surface area contributed by atoms with Crippen LogP contribution in [0.3, 0.4) is 0 Å². The lowest BCUT2D eigenvalue weighted by Gasteiger charge is -2.12. The molecule has 3 amide bonds. The third-order valence-corrected chi connectivity index (χ3v) is 4.91. The lowest BCUT2D eigenvalue weighted by molar-refractivity contribution is 0.102. The Balaban J connectivity index is 1.65. The highest BCUT2D eigenvalue weighted by atomic mass is 32.1. The fourth-order valence-corrected chi connectivity index (χ4v) is 3.66. The van der Waals surface area contributed by atoms with Gasteiger partial charge in [-0.3, -0.25) is 10.1 Å². The van der Waals surface area contributed by atoms with Crippen LogP contribution in [0.2, 0.25) is 0 Å². The van der Waals surface area contributed by atoms with Crippen LogP contribution in [0.25, 0.3) is 0 Å². The predicted molar refractivity (Wildman–Crippen MR) is 115 cm³/mol. The van der Waals surface area contributed by atoms with Gasteiger partial charge in [0.25, 0.3) is 5.91 Å². The maximum absolute atomic E-state index is 12.5. The third-order valence-electron chi connectivity index (χ3n) is 4.15. The molecular formula is C21H22N4O2S. The minimum absolute atomic E-state index is 0.259. The molecule has 3 N–H and O–H groups in total. The van der Waals surface area contributed by atoms with E-state index in [2.05, 4.69) is 20.9 Å². The fraction of sp³-hybridized carbons (Fsp3) is 0.190. The number of hydrogen-bond donors (Lipinski definition) is 3. The van der Waals surface area contributed by atoms with Crippen molar-refractivity contribution >= 4 is 39.8 Å². The Morgan fingerprint density at radius 3 is 2.29 bits per heavy atom. The van der Waals surface area contributed by atoms with Crippen LogP contribution in [0, 0.1) is 27.7 Å². The average Bonchev–Trinajstić information content (AvgIpc) is 3.06. The summed E-state index contributed by atoms with van der Waals surface area (Å²) in [7, 11) is 0. The van der Waals surface area contributed by atoms with Gasteiger partial charge >= 0.3 is 6.03 Å². The zero-order valence-electron chi connectivity index (χ0n) is 16.2. The third kappa shape index (κ3) is 4.75. The van der Waals surface area contributed by atoms with Crippen LogP contribution in [-0.2, 0) is 0 Å². The van der Waals surface area contributed by atoms with Crippen LogP contribution < -0.4 is 16.0 Å². The number of nitrogens with one attached hydrogen (secondary N) is 3. The standard InChI is InChI=1S/C21H22N4O2S/c1-12-6-5-7-16(10-12)22-20(27)25-21-23-17(11-28-21)19(26)24-18-14(3)8-13(2)9-15(18)4/h5-11H,1-4H3,(H,24,26)(H2,22,23,25,27). The molecule has 0 aliphatic rings. The number of anilines is 3. The van der Waals surface area contributed by atoms with E-state index in [1.165, 1.54) is 11.3 Å². The molecular weight excluding hydrogens is 372 g/mol. The Hall–Kier alpha value is -3.19. The quantitative estimate of drug-likeness (QED) is 0.563. The van der Waals surface area contributed by atoms with E-state index in [4.69, 9.17) is 0 Å². The van der Waals surface area contributed by atoms with Crippen molar-refractivity contribution in [3.63, 3.8) is 0 Å². The molecule has 28 heavy (non-hydrogen) atoms. The van der Waals surface area contributed by atoms with Crippen molar-refractivity contribution in [3.05, 3.63) is 69.7 Å². The molecule has 0 unspecified atom stereocenters. The van der Waals surface area contributed by atoms with E-state index in [1.54, 1.807) is 11.4 Å². The largest absolute Gasteiger partial charge is 0.325 e. The normalized spacial score (nSPS) is 10.4. The molecule has 144 valence electrons. The molecule has 0 fully saturated rings. The number of aryl methyl sites for hydroxylation is 4. The van der Waals surface area contributed by atoms with Crippen LogP contribution in [0.4, 0.5) is 21.3 Å². The van der Waals surface area contributed by atoms with Gasteiger partial charge in [0.2, 0.25) is 0 Å². The van der Waals surface area contributed by atoms with E-state index in [0.717, 1.165) is 27.9 Å². The molecule has 1 heterocycles. The summed E-state index contributed by atoms with van der Waals surface area (Å²) in [4.78, 5) is 28.9. The van der Waals surface area contributed by atoms with E-state index >= 15 is 0 Å². The molecule has 1 aromatic heterocycles. The highest BCUT2D eigenvalue weighted by Crippen LogP contribution is 2.23. The molecule has 2 aromatic carbocycles. The number of aromatic nitrogens is 1. The summed E-state index contributed by atoms with van der Waals surface area (Å²) in [6.07, 6.45) is 0. The number of carbonyl (C=O) groups is 2.